The lowest BCUT2D eigenvalue weighted by molar-refractivity contribution is -0.136. The number of para-hydroxylation sites is 1. The summed E-state index contributed by atoms with van der Waals surface area (Å²) >= 11 is 0. The molecule has 2 aromatic carbocycles. The highest BCUT2D eigenvalue weighted by molar-refractivity contribution is 6.04. The Bertz CT molecular complexity index is 1280. The number of methoxy groups -OCH3 is 1. The lowest BCUT2D eigenvalue weighted by Gasteiger charge is -2.37. The monoisotopic (exact) mass is 477 g/mol. The number of carbonyl (C=O) groups is 2. The maximum Gasteiger partial charge on any atom is 0.325 e. The molecule has 2 bridgehead atoms. The van der Waals surface area contributed by atoms with Gasteiger partial charge in [0.1, 0.15) is 18.0 Å². The molecule has 2 aliphatic heterocycles. The molecule has 35 heavy (non-hydrogen) atoms. The molecule has 3 aliphatic rings. The Morgan fingerprint density at radius 3 is 2.54 bits per heavy atom. The number of benzene rings is 2. The van der Waals surface area contributed by atoms with Crippen LogP contribution in [0.25, 0.3) is 16.6 Å². The number of fused-ring (bicyclic) bond motifs is 3. The first kappa shape index (κ1) is 22.0. The zero-order valence-electron chi connectivity index (χ0n) is 19.6. The van der Waals surface area contributed by atoms with Crippen molar-refractivity contribution in [3.8, 4) is 5.69 Å². The van der Waals surface area contributed by atoms with E-state index in [0.717, 1.165) is 18.2 Å². The van der Waals surface area contributed by atoms with Gasteiger partial charge in [-0.25, -0.2) is 13.9 Å². The Labute approximate surface area is 202 Å². The molecule has 182 valence electrons. The van der Waals surface area contributed by atoms with Crippen LogP contribution in [-0.2, 0) is 9.53 Å². The molecule has 3 heterocycles. The quantitative estimate of drug-likeness (QED) is 0.566. The standard InChI is InChI=1S/C26H28FN5O3/c1-35-25-17-9-10-18(25)15-30(14-17)24(33)16-29-11-12-31(26(29)34)21-7-4-8-22-19(21)13-28-32(22)23-6-3-2-5-20(23)27/h2-8,13,17-18,25H,9-12,14-16H2,1H3. The van der Waals surface area contributed by atoms with Crippen molar-refractivity contribution in [2.45, 2.75) is 18.9 Å². The van der Waals surface area contributed by atoms with E-state index in [4.69, 9.17) is 4.74 Å². The first-order chi connectivity index (χ1) is 17.0. The van der Waals surface area contributed by atoms with Crippen LogP contribution in [0, 0.1) is 17.7 Å². The van der Waals surface area contributed by atoms with E-state index in [1.165, 1.54) is 6.07 Å². The molecule has 1 aliphatic carbocycles. The second kappa shape index (κ2) is 8.64. The van der Waals surface area contributed by atoms with Crippen molar-refractivity contribution < 1.29 is 18.7 Å². The van der Waals surface area contributed by atoms with Crippen molar-refractivity contribution in [3.63, 3.8) is 0 Å². The summed E-state index contributed by atoms with van der Waals surface area (Å²) in [6.07, 6.45) is 4.09. The molecular weight excluding hydrogens is 449 g/mol. The fourth-order valence-electron chi connectivity index (χ4n) is 6.06. The van der Waals surface area contributed by atoms with Crippen LogP contribution in [0.3, 0.4) is 0 Å². The third-order valence-corrected chi connectivity index (χ3v) is 7.76. The number of anilines is 1. The van der Waals surface area contributed by atoms with Gasteiger partial charge in [-0.3, -0.25) is 9.69 Å². The van der Waals surface area contributed by atoms with Crippen LogP contribution in [0.1, 0.15) is 12.8 Å². The van der Waals surface area contributed by atoms with E-state index in [1.54, 1.807) is 46.0 Å². The Morgan fingerprint density at radius 2 is 1.80 bits per heavy atom. The van der Waals surface area contributed by atoms with Gasteiger partial charge in [0.25, 0.3) is 0 Å². The minimum atomic E-state index is -0.368. The van der Waals surface area contributed by atoms with Gasteiger partial charge >= 0.3 is 6.03 Å². The number of ether oxygens (including phenoxy) is 1. The van der Waals surface area contributed by atoms with Crippen LogP contribution < -0.4 is 4.90 Å². The maximum atomic E-state index is 14.4. The number of amides is 3. The molecule has 2 unspecified atom stereocenters. The number of hydrogen-bond acceptors (Lipinski definition) is 4. The van der Waals surface area contributed by atoms with Crippen molar-refractivity contribution in [2.75, 3.05) is 44.7 Å². The van der Waals surface area contributed by atoms with Crippen molar-refractivity contribution in [2.24, 2.45) is 11.8 Å². The Morgan fingerprint density at radius 1 is 1.06 bits per heavy atom. The summed E-state index contributed by atoms with van der Waals surface area (Å²) < 4.78 is 21.6. The van der Waals surface area contributed by atoms with E-state index < -0.39 is 0 Å². The number of aromatic nitrogens is 2. The van der Waals surface area contributed by atoms with E-state index >= 15 is 0 Å². The molecule has 8 nitrogen and oxygen atoms in total. The van der Waals surface area contributed by atoms with Gasteiger partial charge in [-0.15, -0.1) is 0 Å². The molecule has 6 rings (SSSR count). The fraction of sp³-hybridized carbons (Fsp3) is 0.423. The number of likely N-dealkylation sites (tertiary alicyclic amines) is 1. The number of piperidine rings is 1. The van der Waals surface area contributed by atoms with E-state index in [9.17, 15) is 14.0 Å². The van der Waals surface area contributed by atoms with Crippen LogP contribution in [0.5, 0.6) is 0 Å². The second-order valence-electron chi connectivity index (χ2n) is 9.67. The number of halogens is 1. The number of rotatable bonds is 5. The highest BCUT2D eigenvalue weighted by atomic mass is 19.1. The molecule has 0 N–H and O–H groups in total. The van der Waals surface area contributed by atoms with Crippen LogP contribution in [-0.4, -0.2) is 77.5 Å². The zero-order valence-corrected chi connectivity index (χ0v) is 19.6. The molecule has 2 atom stereocenters. The smallest absolute Gasteiger partial charge is 0.325 e. The average molecular weight is 478 g/mol. The predicted octanol–water partition coefficient (Wildman–Crippen LogP) is 3.29. The summed E-state index contributed by atoms with van der Waals surface area (Å²) in [4.78, 5) is 31.6. The van der Waals surface area contributed by atoms with Gasteiger partial charge in [0.15, 0.2) is 0 Å². The highest BCUT2D eigenvalue weighted by Crippen LogP contribution is 2.38. The van der Waals surface area contributed by atoms with E-state index in [2.05, 4.69) is 5.10 Å². The zero-order chi connectivity index (χ0) is 24.1. The summed E-state index contributed by atoms with van der Waals surface area (Å²) in [6, 6.07) is 11.8. The van der Waals surface area contributed by atoms with E-state index in [-0.39, 0.29) is 30.4 Å². The van der Waals surface area contributed by atoms with Gasteiger partial charge in [0.05, 0.1) is 23.5 Å². The molecule has 3 fully saturated rings. The van der Waals surface area contributed by atoms with Gasteiger partial charge in [-0.2, -0.15) is 5.10 Å². The Balaban J connectivity index is 1.19. The van der Waals surface area contributed by atoms with Crippen molar-refractivity contribution in [1.82, 2.24) is 19.6 Å². The van der Waals surface area contributed by atoms with Crippen molar-refractivity contribution in [1.29, 1.82) is 0 Å². The van der Waals surface area contributed by atoms with Gasteiger partial charge < -0.3 is 14.5 Å². The predicted molar refractivity (Wildman–Crippen MR) is 129 cm³/mol. The number of hydrogen-bond donors (Lipinski definition) is 0. The topological polar surface area (TPSA) is 70.9 Å². The van der Waals surface area contributed by atoms with Gasteiger partial charge in [-0.05, 0) is 37.1 Å². The number of carbonyl (C=O) groups excluding carboxylic acids is 2. The second-order valence-corrected chi connectivity index (χ2v) is 9.67. The van der Waals surface area contributed by atoms with Crippen molar-refractivity contribution in [3.05, 3.63) is 54.5 Å². The van der Waals surface area contributed by atoms with Gasteiger partial charge in [0, 0.05) is 50.5 Å². The van der Waals surface area contributed by atoms with E-state index in [0.29, 0.717) is 54.9 Å². The molecule has 3 amide bonds. The number of urea groups is 1. The third-order valence-electron chi connectivity index (χ3n) is 7.76. The third kappa shape index (κ3) is 3.65. The number of nitrogens with zero attached hydrogens (tertiary/aromatic N) is 5. The molecule has 9 heteroatoms. The first-order valence-corrected chi connectivity index (χ1v) is 12.1. The Kier molecular flexibility index (Phi) is 5.44. The van der Waals surface area contributed by atoms with Gasteiger partial charge in [0.2, 0.25) is 5.91 Å². The van der Waals surface area contributed by atoms with Crippen LogP contribution in [0.4, 0.5) is 14.9 Å². The summed E-state index contributed by atoms with van der Waals surface area (Å²) in [5, 5.41) is 5.16. The maximum absolute atomic E-state index is 14.4. The lowest BCUT2D eigenvalue weighted by Crippen LogP contribution is -2.51. The average Bonchev–Trinajstić information content (AvgIpc) is 3.52. The normalized spacial score (nSPS) is 24.1. The summed E-state index contributed by atoms with van der Waals surface area (Å²) in [6.45, 7) is 2.44. The van der Waals surface area contributed by atoms with Crippen LogP contribution >= 0.6 is 0 Å². The SMILES string of the molecule is COC1C2CCC1CN(C(=O)CN1CCN(c3cccc4c3cnn4-c3ccccc3F)C1=O)C2. The van der Waals surface area contributed by atoms with E-state index in [1.807, 2.05) is 23.1 Å². The van der Waals surface area contributed by atoms with Gasteiger partial charge in [-0.1, -0.05) is 18.2 Å². The molecular formula is C26H28FN5O3. The summed E-state index contributed by atoms with van der Waals surface area (Å²) in [5.41, 5.74) is 1.78. The van der Waals surface area contributed by atoms with Crippen LogP contribution in [0.2, 0.25) is 0 Å². The summed E-state index contributed by atoms with van der Waals surface area (Å²) in [7, 11) is 1.76. The molecule has 3 aromatic rings. The minimum Gasteiger partial charge on any atom is -0.381 e. The summed E-state index contributed by atoms with van der Waals surface area (Å²) in [5.74, 6) is 0.402. The lowest BCUT2D eigenvalue weighted by atomic mass is 9.95. The molecule has 2 saturated heterocycles. The first-order valence-electron chi connectivity index (χ1n) is 12.1. The minimum absolute atomic E-state index is 0.00256. The molecule has 1 aromatic heterocycles. The van der Waals surface area contributed by atoms with Crippen molar-refractivity contribution >= 4 is 28.5 Å². The fourth-order valence-corrected chi connectivity index (χ4v) is 6.06. The largest absolute Gasteiger partial charge is 0.381 e. The molecule has 0 spiro atoms. The highest BCUT2D eigenvalue weighted by Gasteiger charge is 2.44. The van der Waals surface area contributed by atoms with Crippen LogP contribution in [0.15, 0.2) is 48.7 Å². The molecule has 1 saturated carbocycles. The molecule has 0 radical (unpaired) electrons. The Hall–Kier alpha value is -3.46.